The zero-order valence-corrected chi connectivity index (χ0v) is 19.8. The number of carboxylic acids is 1. The van der Waals surface area contributed by atoms with Gasteiger partial charge in [0.1, 0.15) is 11.8 Å². The number of ether oxygens (including phenoxy) is 1. The molecular weight excluding hydrogens is 444 g/mol. The van der Waals surface area contributed by atoms with Crippen molar-refractivity contribution in [3.8, 4) is 16.9 Å². The van der Waals surface area contributed by atoms with Crippen LogP contribution in [0.4, 0.5) is 0 Å². The summed E-state index contributed by atoms with van der Waals surface area (Å²) in [6.07, 6.45) is 0.149. The summed E-state index contributed by atoms with van der Waals surface area (Å²) in [6.45, 7) is 4.13. The molecule has 0 saturated heterocycles. The summed E-state index contributed by atoms with van der Waals surface area (Å²) in [5.74, 6) is -0.813. The molecule has 1 amide bonds. The number of aliphatic imine (C=N–C) groups is 1. The molecule has 182 valence electrons. The number of nitrogens with two attached hydrogens (primary N) is 2. The van der Waals surface area contributed by atoms with E-state index in [1.807, 2.05) is 62.4 Å². The third-order valence-corrected chi connectivity index (χ3v) is 5.22. The van der Waals surface area contributed by atoms with Crippen LogP contribution in [0.5, 0.6) is 5.75 Å². The average molecular weight is 475 g/mol. The van der Waals surface area contributed by atoms with E-state index in [0.29, 0.717) is 16.9 Å². The third kappa shape index (κ3) is 7.15. The zero-order chi connectivity index (χ0) is 25.4. The molecule has 0 aliphatic rings. The molecule has 8 heteroatoms. The van der Waals surface area contributed by atoms with Crippen LogP contribution in [0.2, 0.25) is 0 Å². The Labute approximate surface area is 204 Å². The van der Waals surface area contributed by atoms with E-state index in [1.54, 1.807) is 24.3 Å². The standard InChI is InChI=1S/C27H30N4O4/c1-17(2)35-24-10-6-9-21(19-7-4-3-5-8-19)22(24)16-30-27(29)31-25(32)20-13-11-18(12-14-20)15-23(28)26(33)34/h3-14,17,23H,15-16,28H2,1-2H3,(H,33,34)(H3,29,30,31,32)/t23-/m0/s1. The topological polar surface area (TPSA) is 140 Å². The average Bonchev–Trinajstić information content (AvgIpc) is 2.83. The van der Waals surface area contributed by atoms with Crippen LogP contribution < -0.4 is 21.5 Å². The maximum absolute atomic E-state index is 12.6. The Bertz CT molecular complexity index is 1190. The van der Waals surface area contributed by atoms with Crippen molar-refractivity contribution in [2.75, 3.05) is 0 Å². The highest BCUT2D eigenvalue weighted by Gasteiger charge is 2.15. The summed E-state index contributed by atoms with van der Waals surface area (Å²) < 4.78 is 6.00. The lowest BCUT2D eigenvalue weighted by Gasteiger charge is -2.17. The van der Waals surface area contributed by atoms with Crippen molar-refractivity contribution in [1.29, 1.82) is 0 Å². The number of nitrogens with zero attached hydrogens (tertiary/aromatic N) is 1. The van der Waals surface area contributed by atoms with Gasteiger partial charge < -0.3 is 21.3 Å². The van der Waals surface area contributed by atoms with Gasteiger partial charge in [-0.05, 0) is 55.2 Å². The second-order valence-electron chi connectivity index (χ2n) is 8.32. The van der Waals surface area contributed by atoms with E-state index < -0.39 is 17.9 Å². The molecule has 0 spiro atoms. The number of carboxylic acid groups (broad SMARTS) is 1. The third-order valence-electron chi connectivity index (χ3n) is 5.22. The van der Waals surface area contributed by atoms with Crippen LogP contribution in [-0.4, -0.2) is 35.1 Å². The minimum Gasteiger partial charge on any atom is -0.491 e. The van der Waals surface area contributed by atoms with Crippen LogP contribution in [-0.2, 0) is 17.8 Å². The van der Waals surface area contributed by atoms with Gasteiger partial charge in [-0.15, -0.1) is 0 Å². The van der Waals surface area contributed by atoms with E-state index in [-0.39, 0.29) is 25.0 Å². The fraction of sp³-hybridized carbons (Fsp3) is 0.222. The fourth-order valence-electron chi connectivity index (χ4n) is 3.51. The SMILES string of the molecule is CC(C)Oc1cccc(-c2ccccc2)c1CN=C(N)NC(=O)c1ccc(C[C@H](N)C(=O)O)cc1. The molecule has 0 aliphatic heterocycles. The summed E-state index contributed by atoms with van der Waals surface area (Å²) in [6, 6.07) is 21.2. The van der Waals surface area contributed by atoms with Crippen molar-refractivity contribution in [3.05, 3.63) is 89.5 Å². The zero-order valence-electron chi connectivity index (χ0n) is 19.8. The molecule has 8 nitrogen and oxygen atoms in total. The van der Waals surface area contributed by atoms with Gasteiger partial charge in [0.15, 0.2) is 5.96 Å². The van der Waals surface area contributed by atoms with Gasteiger partial charge in [0.25, 0.3) is 5.91 Å². The molecule has 3 aromatic carbocycles. The number of aliphatic carboxylic acids is 1. The van der Waals surface area contributed by atoms with E-state index >= 15 is 0 Å². The highest BCUT2D eigenvalue weighted by molar-refractivity contribution is 6.05. The normalized spacial score (nSPS) is 12.3. The minimum absolute atomic E-state index is 0.0196. The first kappa shape index (κ1) is 25.5. The quantitative estimate of drug-likeness (QED) is 0.277. The number of carbonyl (C=O) groups excluding carboxylic acids is 1. The summed E-state index contributed by atoms with van der Waals surface area (Å²) in [5.41, 5.74) is 15.5. The highest BCUT2D eigenvalue weighted by atomic mass is 16.5. The Morgan fingerprint density at radius 3 is 2.31 bits per heavy atom. The predicted molar refractivity (Wildman–Crippen MR) is 136 cm³/mol. The summed E-state index contributed by atoms with van der Waals surface area (Å²) >= 11 is 0. The van der Waals surface area contributed by atoms with Crippen LogP contribution >= 0.6 is 0 Å². The molecule has 0 fully saturated rings. The summed E-state index contributed by atoms with van der Waals surface area (Å²) in [5, 5.41) is 11.5. The van der Waals surface area contributed by atoms with Crippen LogP contribution in [0, 0.1) is 0 Å². The molecule has 3 aromatic rings. The monoisotopic (exact) mass is 474 g/mol. The van der Waals surface area contributed by atoms with Crippen molar-refractivity contribution in [1.82, 2.24) is 5.32 Å². The first-order valence-corrected chi connectivity index (χ1v) is 11.3. The van der Waals surface area contributed by atoms with Gasteiger partial charge in [0.05, 0.1) is 12.6 Å². The maximum atomic E-state index is 12.6. The molecule has 0 bridgehead atoms. The molecule has 3 rings (SSSR count). The molecule has 0 heterocycles. The van der Waals surface area contributed by atoms with Crippen molar-refractivity contribution in [2.45, 2.75) is 39.0 Å². The van der Waals surface area contributed by atoms with E-state index in [4.69, 9.17) is 21.3 Å². The number of benzene rings is 3. The second kappa shape index (κ2) is 11.8. The maximum Gasteiger partial charge on any atom is 0.320 e. The van der Waals surface area contributed by atoms with Gasteiger partial charge in [-0.3, -0.25) is 14.9 Å². The van der Waals surface area contributed by atoms with Crippen LogP contribution in [0.25, 0.3) is 11.1 Å². The lowest BCUT2D eigenvalue weighted by molar-refractivity contribution is -0.138. The Kier molecular flexibility index (Phi) is 8.58. The molecule has 0 aliphatic carbocycles. The molecule has 1 atom stereocenters. The summed E-state index contributed by atoms with van der Waals surface area (Å²) in [7, 11) is 0. The van der Waals surface area contributed by atoms with E-state index in [2.05, 4.69) is 10.3 Å². The Hall–Kier alpha value is -4.17. The number of rotatable bonds is 9. The highest BCUT2D eigenvalue weighted by Crippen LogP contribution is 2.32. The number of carbonyl (C=O) groups is 2. The van der Waals surface area contributed by atoms with Gasteiger partial charge >= 0.3 is 5.97 Å². The second-order valence-corrected chi connectivity index (χ2v) is 8.32. The molecule has 6 N–H and O–H groups in total. The van der Waals surface area contributed by atoms with Gasteiger partial charge in [0.2, 0.25) is 0 Å². The first-order chi connectivity index (χ1) is 16.7. The van der Waals surface area contributed by atoms with Crippen LogP contribution in [0.3, 0.4) is 0 Å². The molecule has 0 saturated carbocycles. The van der Waals surface area contributed by atoms with Gasteiger partial charge in [-0.2, -0.15) is 0 Å². The van der Waals surface area contributed by atoms with Gasteiger partial charge in [-0.1, -0.05) is 54.6 Å². The number of hydrogen-bond acceptors (Lipinski definition) is 5. The molecule has 35 heavy (non-hydrogen) atoms. The number of hydrogen-bond donors (Lipinski definition) is 4. The Morgan fingerprint density at radius 2 is 1.69 bits per heavy atom. The van der Waals surface area contributed by atoms with Gasteiger partial charge in [-0.25, -0.2) is 4.99 Å². The number of guanidine groups is 1. The van der Waals surface area contributed by atoms with Crippen molar-refractivity contribution >= 4 is 17.8 Å². The molecule has 0 radical (unpaired) electrons. The Balaban J connectivity index is 1.75. The van der Waals surface area contributed by atoms with Crippen molar-refractivity contribution in [2.24, 2.45) is 16.5 Å². The van der Waals surface area contributed by atoms with Gasteiger partial charge in [0, 0.05) is 11.1 Å². The molecule has 0 unspecified atom stereocenters. The number of amides is 1. The lowest BCUT2D eigenvalue weighted by atomic mass is 9.99. The predicted octanol–water partition coefficient (Wildman–Crippen LogP) is 3.34. The van der Waals surface area contributed by atoms with Crippen molar-refractivity contribution in [3.63, 3.8) is 0 Å². The smallest absolute Gasteiger partial charge is 0.320 e. The van der Waals surface area contributed by atoms with E-state index in [9.17, 15) is 9.59 Å². The molecule has 0 aromatic heterocycles. The largest absolute Gasteiger partial charge is 0.491 e. The number of nitrogens with one attached hydrogen (secondary N) is 1. The van der Waals surface area contributed by atoms with E-state index in [0.717, 1.165) is 16.7 Å². The minimum atomic E-state index is -1.08. The Morgan fingerprint density at radius 1 is 1.00 bits per heavy atom. The van der Waals surface area contributed by atoms with Crippen LogP contribution in [0.15, 0.2) is 77.8 Å². The first-order valence-electron chi connectivity index (χ1n) is 11.3. The van der Waals surface area contributed by atoms with E-state index in [1.165, 1.54) is 0 Å². The fourth-order valence-corrected chi connectivity index (χ4v) is 3.51. The van der Waals surface area contributed by atoms with Crippen molar-refractivity contribution < 1.29 is 19.4 Å². The van der Waals surface area contributed by atoms with Crippen LogP contribution in [0.1, 0.15) is 35.3 Å². The molecular formula is C27H30N4O4. The summed E-state index contributed by atoms with van der Waals surface area (Å²) in [4.78, 5) is 27.9. The lowest BCUT2D eigenvalue weighted by Crippen LogP contribution is -2.36.